The normalized spacial score (nSPS) is 10.4. The molecule has 0 radical (unpaired) electrons. The van der Waals surface area contributed by atoms with E-state index < -0.39 is 0 Å². The van der Waals surface area contributed by atoms with E-state index in [1.54, 1.807) is 23.1 Å². The zero-order valence-corrected chi connectivity index (χ0v) is 11.0. The Labute approximate surface area is 107 Å². The zero-order valence-electron chi connectivity index (χ0n) is 10.2. The fourth-order valence-electron chi connectivity index (χ4n) is 1.63. The number of halogens is 1. The van der Waals surface area contributed by atoms with Crippen LogP contribution in [-0.2, 0) is 0 Å². The molecule has 1 N–H and O–H groups in total. The average Bonchev–Trinajstić information content (AvgIpc) is 2.33. The third kappa shape index (κ3) is 3.72. The van der Waals surface area contributed by atoms with Crippen molar-refractivity contribution in [2.45, 2.75) is 20.3 Å². The van der Waals surface area contributed by atoms with E-state index in [1.807, 2.05) is 13.8 Å². The van der Waals surface area contributed by atoms with Crippen LogP contribution in [0.25, 0.3) is 0 Å². The number of amides is 1. The molecule has 0 aliphatic rings. The number of nitrogens with zero attached hydrogens (tertiary/aromatic N) is 1. The predicted molar refractivity (Wildman–Crippen MR) is 69.5 cm³/mol. The molecular formula is C13H18ClNO2. The zero-order chi connectivity index (χ0) is 12.8. The van der Waals surface area contributed by atoms with Crippen molar-refractivity contribution in [3.63, 3.8) is 0 Å². The Bertz CT molecular complexity index is 393. The Kier molecular flexibility index (Phi) is 5.45. The van der Waals surface area contributed by atoms with Crippen LogP contribution in [0.5, 0.6) is 0 Å². The van der Waals surface area contributed by atoms with Gasteiger partial charge in [-0.3, -0.25) is 4.79 Å². The molecule has 1 aromatic rings. The van der Waals surface area contributed by atoms with Crippen molar-refractivity contribution in [1.29, 1.82) is 0 Å². The highest BCUT2D eigenvalue weighted by molar-refractivity contribution is 6.31. The Morgan fingerprint density at radius 1 is 1.47 bits per heavy atom. The topological polar surface area (TPSA) is 40.5 Å². The fourth-order valence-corrected chi connectivity index (χ4v) is 1.74. The largest absolute Gasteiger partial charge is 0.396 e. The molecule has 0 bridgehead atoms. The van der Waals surface area contributed by atoms with Gasteiger partial charge in [-0.25, -0.2) is 0 Å². The van der Waals surface area contributed by atoms with E-state index in [9.17, 15) is 4.79 Å². The molecule has 4 heteroatoms. The number of aliphatic hydroxyl groups is 1. The highest BCUT2D eigenvalue weighted by atomic mass is 35.5. The van der Waals surface area contributed by atoms with E-state index in [4.69, 9.17) is 16.7 Å². The number of rotatable bonds is 5. The number of carbonyl (C=O) groups excluding carboxylic acids is 1. The van der Waals surface area contributed by atoms with Crippen molar-refractivity contribution in [1.82, 2.24) is 4.90 Å². The summed E-state index contributed by atoms with van der Waals surface area (Å²) >= 11 is 5.92. The maximum atomic E-state index is 12.1. The molecule has 1 aromatic carbocycles. The third-order valence-electron chi connectivity index (χ3n) is 2.66. The molecule has 0 saturated heterocycles. The first kappa shape index (κ1) is 14.0. The lowest BCUT2D eigenvalue weighted by Crippen LogP contribution is -2.32. The van der Waals surface area contributed by atoms with Crippen LogP contribution in [0, 0.1) is 6.92 Å². The minimum Gasteiger partial charge on any atom is -0.396 e. The summed E-state index contributed by atoms with van der Waals surface area (Å²) in [6, 6.07) is 5.27. The maximum absolute atomic E-state index is 12.1. The number of hydrogen-bond donors (Lipinski definition) is 1. The van der Waals surface area contributed by atoms with Crippen LogP contribution in [0.15, 0.2) is 18.2 Å². The van der Waals surface area contributed by atoms with Gasteiger partial charge in [0.05, 0.1) is 0 Å². The van der Waals surface area contributed by atoms with Gasteiger partial charge < -0.3 is 10.0 Å². The Hall–Kier alpha value is -1.06. The summed E-state index contributed by atoms with van der Waals surface area (Å²) in [5, 5.41) is 9.45. The molecule has 1 amide bonds. The van der Waals surface area contributed by atoms with Gasteiger partial charge in [0.15, 0.2) is 0 Å². The van der Waals surface area contributed by atoms with Gasteiger partial charge in [0, 0.05) is 30.3 Å². The number of aliphatic hydroxyl groups excluding tert-OH is 1. The van der Waals surface area contributed by atoms with Crippen LogP contribution in [0.3, 0.4) is 0 Å². The maximum Gasteiger partial charge on any atom is 0.253 e. The smallest absolute Gasteiger partial charge is 0.253 e. The lowest BCUT2D eigenvalue weighted by molar-refractivity contribution is 0.0754. The number of aryl methyl sites for hydroxylation is 1. The summed E-state index contributed by atoms with van der Waals surface area (Å²) in [6.45, 7) is 5.12. The molecule has 0 aliphatic carbocycles. The monoisotopic (exact) mass is 255 g/mol. The molecule has 17 heavy (non-hydrogen) atoms. The Balaban J connectivity index is 2.82. The van der Waals surface area contributed by atoms with Crippen molar-refractivity contribution in [3.05, 3.63) is 34.3 Å². The molecule has 3 nitrogen and oxygen atoms in total. The van der Waals surface area contributed by atoms with Crippen LogP contribution < -0.4 is 0 Å². The molecule has 0 spiro atoms. The van der Waals surface area contributed by atoms with E-state index in [-0.39, 0.29) is 12.5 Å². The molecular weight excluding hydrogens is 238 g/mol. The molecule has 0 atom stereocenters. The minimum absolute atomic E-state index is 0.0132. The van der Waals surface area contributed by atoms with Crippen molar-refractivity contribution in [2.24, 2.45) is 0 Å². The lowest BCUT2D eigenvalue weighted by Gasteiger charge is -2.20. The Morgan fingerprint density at radius 3 is 2.71 bits per heavy atom. The first-order valence-electron chi connectivity index (χ1n) is 5.76. The number of benzene rings is 1. The van der Waals surface area contributed by atoms with Crippen LogP contribution in [0.2, 0.25) is 5.02 Å². The van der Waals surface area contributed by atoms with Crippen LogP contribution in [0.4, 0.5) is 0 Å². The van der Waals surface area contributed by atoms with E-state index >= 15 is 0 Å². The van der Waals surface area contributed by atoms with Crippen LogP contribution >= 0.6 is 11.6 Å². The lowest BCUT2D eigenvalue weighted by atomic mass is 10.1. The molecule has 0 aliphatic heterocycles. The van der Waals surface area contributed by atoms with E-state index in [0.717, 1.165) is 5.56 Å². The van der Waals surface area contributed by atoms with Crippen molar-refractivity contribution < 1.29 is 9.90 Å². The van der Waals surface area contributed by atoms with Gasteiger partial charge in [-0.1, -0.05) is 11.6 Å². The first-order valence-corrected chi connectivity index (χ1v) is 6.14. The van der Waals surface area contributed by atoms with Gasteiger partial charge >= 0.3 is 0 Å². The van der Waals surface area contributed by atoms with E-state index in [1.165, 1.54) is 0 Å². The van der Waals surface area contributed by atoms with Gasteiger partial charge in [0.1, 0.15) is 0 Å². The Morgan fingerprint density at radius 2 is 2.18 bits per heavy atom. The summed E-state index contributed by atoms with van der Waals surface area (Å²) in [5.41, 5.74) is 1.54. The minimum atomic E-state index is -0.0132. The van der Waals surface area contributed by atoms with E-state index in [2.05, 4.69) is 0 Å². The van der Waals surface area contributed by atoms with Crippen LogP contribution in [-0.4, -0.2) is 35.6 Å². The fraction of sp³-hybridized carbons (Fsp3) is 0.462. The molecule has 0 aromatic heterocycles. The highest BCUT2D eigenvalue weighted by Crippen LogP contribution is 2.17. The second-order valence-corrected chi connectivity index (χ2v) is 4.33. The standard InChI is InChI=1S/C13H18ClNO2/c1-3-15(7-4-8-16)13(17)11-5-6-12(14)10(2)9-11/h5-6,9,16H,3-4,7-8H2,1-2H3. The molecule has 0 fully saturated rings. The summed E-state index contributed by atoms with van der Waals surface area (Å²) in [5.74, 6) is -0.0132. The summed E-state index contributed by atoms with van der Waals surface area (Å²) in [4.78, 5) is 13.9. The molecule has 1 rings (SSSR count). The van der Waals surface area contributed by atoms with Gasteiger partial charge in [-0.2, -0.15) is 0 Å². The summed E-state index contributed by atoms with van der Waals surface area (Å²) < 4.78 is 0. The number of hydrogen-bond acceptors (Lipinski definition) is 2. The van der Waals surface area contributed by atoms with Gasteiger partial charge in [0.25, 0.3) is 5.91 Å². The molecule has 0 saturated carbocycles. The second kappa shape index (κ2) is 6.62. The van der Waals surface area contributed by atoms with Gasteiger partial charge in [-0.15, -0.1) is 0 Å². The van der Waals surface area contributed by atoms with E-state index in [0.29, 0.717) is 30.1 Å². The van der Waals surface area contributed by atoms with Crippen molar-refractivity contribution in [2.75, 3.05) is 19.7 Å². The van der Waals surface area contributed by atoms with Crippen molar-refractivity contribution in [3.8, 4) is 0 Å². The second-order valence-electron chi connectivity index (χ2n) is 3.93. The molecule has 0 unspecified atom stereocenters. The quantitative estimate of drug-likeness (QED) is 0.878. The third-order valence-corrected chi connectivity index (χ3v) is 3.08. The first-order chi connectivity index (χ1) is 8.10. The van der Waals surface area contributed by atoms with Gasteiger partial charge in [-0.05, 0) is 44.0 Å². The summed E-state index contributed by atoms with van der Waals surface area (Å²) in [7, 11) is 0. The molecule has 0 heterocycles. The van der Waals surface area contributed by atoms with Crippen LogP contribution in [0.1, 0.15) is 29.3 Å². The SMILES string of the molecule is CCN(CCCO)C(=O)c1ccc(Cl)c(C)c1. The predicted octanol–water partition coefficient (Wildman–Crippen LogP) is 2.49. The highest BCUT2D eigenvalue weighted by Gasteiger charge is 2.14. The number of carbonyl (C=O) groups is 1. The van der Waals surface area contributed by atoms with Crippen molar-refractivity contribution >= 4 is 17.5 Å². The average molecular weight is 256 g/mol. The molecule has 94 valence electrons. The van der Waals surface area contributed by atoms with Gasteiger partial charge in [0.2, 0.25) is 0 Å². The summed E-state index contributed by atoms with van der Waals surface area (Å²) in [6.07, 6.45) is 0.603.